The summed E-state index contributed by atoms with van der Waals surface area (Å²) in [4.78, 5) is 26.2. The maximum atomic E-state index is 10.8. The van der Waals surface area contributed by atoms with Crippen molar-refractivity contribution in [3.63, 3.8) is 0 Å². The molecule has 0 saturated heterocycles. The lowest BCUT2D eigenvalue weighted by Crippen LogP contribution is -2.06. The molecule has 1 aromatic rings. The number of carbonyl (C=O) groups is 1. The van der Waals surface area contributed by atoms with Crippen molar-refractivity contribution in [3.8, 4) is 0 Å². The van der Waals surface area contributed by atoms with Gasteiger partial charge in [0, 0.05) is 5.69 Å². The summed E-state index contributed by atoms with van der Waals surface area (Å²) in [6, 6.07) is 0. The van der Waals surface area contributed by atoms with Gasteiger partial charge in [0.2, 0.25) is 0 Å². The zero-order valence-electron chi connectivity index (χ0n) is 6.22. The molecule has 0 fully saturated rings. The fraction of sp³-hybridized carbons (Fsp3) is 0.333. The fourth-order valence-electron chi connectivity index (χ4n) is 0.778. The quantitative estimate of drug-likeness (QED) is 0.553. The van der Waals surface area contributed by atoms with Crippen LogP contribution in [0.3, 0.4) is 0 Å². The van der Waals surface area contributed by atoms with Crippen molar-refractivity contribution in [2.24, 2.45) is 0 Å². The minimum Gasteiger partial charge on any atom is -0.464 e. The molecule has 0 aromatic carbocycles. The van der Waals surface area contributed by atoms with Gasteiger partial charge in [-0.3, -0.25) is 4.98 Å². The number of ether oxygens (including phenoxy) is 1. The van der Waals surface area contributed by atoms with Crippen molar-refractivity contribution < 1.29 is 9.53 Å². The Morgan fingerprint density at radius 3 is 2.45 bits per heavy atom. The summed E-state index contributed by atoms with van der Waals surface area (Å²) in [7, 11) is 1.26. The molecule has 2 N–H and O–H groups in total. The summed E-state index contributed by atoms with van der Waals surface area (Å²) in [5.41, 5.74) is 0.266. The maximum absolute atomic E-state index is 10.8. The molecule has 0 aliphatic heterocycles. The molecule has 0 atom stereocenters. The van der Waals surface area contributed by atoms with Gasteiger partial charge in [0.25, 0.3) is 0 Å². The highest BCUT2D eigenvalue weighted by molar-refractivity contribution is 5.88. The van der Waals surface area contributed by atoms with Gasteiger partial charge in [0.15, 0.2) is 0 Å². The van der Waals surface area contributed by atoms with Crippen LogP contribution < -0.4 is 5.69 Å². The smallest absolute Gasteiger partial charge is 0.356 e. The topological polar surface area (TPSA) is 75.0 Å². The van der Waals surface area contributed by atoms with E-state index in [-0.39, 0.29) is 5.69 Å². The van der Waals surface area contributed by atoms with Gasteiger partial charge in [-0.1, -0.05) is 0 Å². The van der Waals surface area contributed by atoms with E-state index in [1.54, 1.807) is 6.92 Å². The molecule has 1 heterocycles. The molecule has 0 bridgehead atoms. The Morgan fingerprint density at radius 2 is 2.09 bits per heavy atom. The molecule has 0 radical (unpaired) electrons. The Hall–Kier alpha value is -1.52. The average Bonchev–Trinajstić information content (AvgIpc) is 2.28. The monoisotopic (exact) mass is 156 g/mol. The van der Waals surface area contributed by atoms with Crippen molar-refractivity contribution in [2.75, 3.05) is 7.11 Å². The van der Waals surface area contributed by atoms with Crippen molar-refractivity contribution >= 4 is 5.97 Å². The molecule has 0 saturated carbocycles. The molecule has 0 amide bonds. The summed E-state index contributed by atoms with van der Waals surface area (Å²) < 4.78 is 4.40. The zero-order valence-corrected chi connectivity index (χ0v) is 6.22. The normalized spacial score (nSPS) is 9.64. The van der Waals surface area contributed by atoms with Gasteiger partial charge in [-0.15, -0.1) is 0 Å². The van der Waals surface area contributed by atoms with Gasteiger partial charge in [0.05, 0.1) is 7.11 Å². The molecule has 5 heteroatoms. The molecule has 0 unspecified atom stereocenters. The largest absolute Gasteiger partial charge is 0.464 e. The van der Waals surface area contributed by atoms with Gasteiger partial charge in [-0.05, 0) is 6.92 Å². The number of H-pyrrole nitrogens is 2. The number of imidazole rings is 1. The number of esters is 1. The van der Waals surface area contributed by atoms with Crippen LogP contribution in [0.4, 0.5) is 0 Å². The van der Waals surface area contributed by atoms with Crippen LogP contribution >= 0.6 is 0 Å². The first kappa shape index (κ1) is 7.59. The van der Waals surface area contributed by atoms with Gasteiger partial charge >= 0.3 is 11.7 Å². The molecule has 5 nitrogen and oxygen atoms in total. The van der Waals surface area contributed by atoms with Gasteiger partial charge in [-0.2, -0.15) is 0 Å². The van der Waals surface area contributed by atoms with E-state index in [0.717, 1.165) is 0 Å². The summed E-state index contributed by atoms with van der Waals surface area (Å²) in [6.45, 7) is 1.62. The van der Waals surface area contributed by atoms with Gasteiger partial charge < -0.3 is 9.72 Å². The van der Waals surface area contributed by atoms with E-state index in [4.69, 9.17) is 0 Å². The van der Waals surface area contributed by atoms with Crippen LogP contribution in [-0.2, 0) is 4.74 Å². The second kappa shape index (κ2) is 2.61. The van der Waals surface area contributed by atoms with E-state index in [9.17, 15) is 9.59 Å². The number of methoxy groups -OCH3 is 1. The van der Waals surface area contributed by atoms with Crippen molar-refractivity contribution in [2.45, 2.75) is 6.92 Å². The van der Waals surface area contributed by atoms with Crippen LogP contribution in [0.5, 0.6) is 0 Å². The SMILES string of the molecule is COC(=O)c1[nH]c(=O)[nH]c1C. The number of aromatic nitrogens is 2. The third-order valence-electron chi connectivity index (χ3n) is 1.30. The number of rotatable bonds is 1. The Kier molecular flexibility index (Phi) is 1.80. The van der Waals surface area contributed by atoms with E-state index in [0.29, 0.717) is 5.69 Å². The van der Waals surface area contributed by atoms with Crippen molar-refractivity contribution in [3.05, 3.63) is 21.9 Å². The molecule has 11 heavy (non-hydrogen) atoms. The summed E-state index contributed by atoms with van der Waals surface area (Å²) in [5.74, 6) is -0.541. The number of aromatic amines is 2. The molecule has 1 aromatic heterocycles. The van der Waals surface area contributed by atoms with Crippen LogP contribution in [0.25, 0.3) is 0 Å². The standard InChI is InChI=1S/C6H8N2O3/c1-3-4(5(9)11-2)8-6(10)7-3/h1-2H3,(H2,7,8,10). The summed E-state index contributed by atoms with van der Waals surface area (Å²) >= 11 is 0. The zero-order chi connectivity index (χ0) is 8.43. The number of hydrogen-bond acceptors (Lipinski definition) is 3. The molecular weight excluding hydrogens is 148 g/mol. The summed E-state index contributed by atoms with van der Waals surface area (Å²) in [5, 5.41) is 0. The maximum Gasteiger partial charge on any atom is 0.356 e. The number of nitrogens with one attached hydrogen (secondary N) is 2. The van der Waals surface area contributed by atoms with Crippen molar-refractivity contribution in [1.82, 2.24) is 9.97 Å². The lowest BCUT2D eigenvalue weighted by Gasteiger charge is -1.93. The first-order chi connectivity index (χ1) is 5.15. The first-order valence-electron chi connectivity index (χ1n) is 3.02. The minimum absolute atomic E-state index is 0.178. The number of aryl methyl sites for hydroxylation is 1. The summed E-state index contributed by atoms with van der Waals surface area (Å²) in [6.07, 6.45) is 0. The molecule has 0 spiro atoms. The average molecular weight is 156 g/mol. The number of carbonyl (C=O) groups excluding carboxylic acids is 1. The lowest BCUT2D eigenvalue weighted by atomic mass is 10.3. The Labute approximate surface area is 62.4 Å². The number of hydrogen-bond donors (Lipinski definition) is 2. The van der Waals surface area contributed by atoms with Crippen LogP contribution in [0.2, 0.25) is 0 Å². The van der Waals surface area contributed by atoms with Crippen LogP contribution in [0.1, 0.15) is 16.2 Å². The lowest BCUT2D eigenvalue weighted by molar-refractivity contribution is 0.0593. The third-order valence-corrected chi connectivity index (χ3v) is 1.30. The Bertz CT molecular complexity index is 323. The second-order valence-corrected chi connectivity index (χ2v) is 2.07. The Balaban J connectivity index is 3.13. The highest BCUT2D eigenvalue weighted by Crippen LogP contribution is 1.98. The molecule has 1 rings (SSSR count). The fourth-order valence-corrected chi connectivity index (χ4v) is 0.778. The van der Waals surface area contributed by atoms with E-state index in [1.165, 1.54) is 7.11 Å². The molecular formula is C6H8N2O3. The Morgan fingerprint density at radius 1 is 1.45 bits per heavy atom. The third kappa shape index (κ3) is 1.31. The van der Waals surface area contributed by atoms with E-state index in [2.05, 4.69) is 14.7 Å². The van der Waals surface area contributed by atoms with Gasteiger partial charge in [0.1, 0.15) is 5.69 Å². The van der Waals surface area contributed by atoms with Crippen molar-refractivity contribution in [1.29, 1.82) is 0 Å². The first-order valence-corrected chi connectivity index (χ1v) is 3.02. The van der Waals surface area contributed by atoms with E-state index in [1.807, 2.05) is 0 Å². The highest BCUT2D eigenvalue weighted by atomic mass is 16.5. The van der Waals surface area contributed by atoms with Crippen LogP contribution in [0.15, 0.2) is 4.79 Å². The molecule has 0 aliphatic carbocycles. The van der Waals surface area contributed by atoms with Crippen LogP contribution in [0, 0.1) is 6.92 Å². The second-order valence-electron chi connectivity index (χ2n) is 2.07. The van der Waals surface area contributed by atoms with Crippen LogP contribution in [-0.4, -0.2) is 23.0 Å². The van der Waals surface area contributed by atoms with Gasteiger partial charge in [-0.25, -0.2) is 9.59 Å². The molecule has 60 valence electrons. The van der Waals surface area contributed by atoms with E-state index >= 15 is 0 Å². The van der Waals surface area contributed by atoms with E-state index < -0.39 is 11.7 Å². The minimum atomic E-state index is -0.541. The highest BCUT2D eigenvalue weighted by Gasteiger charge is 2.11. The molecule has 0 aliphatic rings. The predicted octanol–water partition coefficient (Wildman–Crippen LogP) is -0.202. The predicted molar refractivity (Wildman–Crippen MR) is 37.5 cm³/mol.